The van der Waals surface area contributed by atoms with Crippen molar-refractivity contribution in [1.82, 2.24) is 0 Å². The molecule has 140 valence electrons. The van der Waals surface area contributed by atoms with E-state index in [4.69, 9.17) is 4.74 Å². The molecule has 2 aromatic rings. The van der Waals surface area contributed by atoms with E-state index in [9.17, 15) is 14.4 Å². The molecule has 6 heteroatoms. The molecule has 1 unspecified atom stereocenters. The van der Waals surface area contributed by atoms with Gasteiger partial charge in [-0.25, -0.2) is 0 Å². The fourth-order valence-corrected chi connectivity index (χ4v) is 3.36. The molecule has 0 spiro atoms. The molecule has 1 saturated heterocycles. The summed E-state index contributed by atoms with van der Waals surface area (Å²) in [5, 5.41) is 0. The molecular formula is C21H20BrNO4. The number of aryl methyl sites for hydroxylation is 1. The van der Waals surface area contributed by atoms with E-state index < -0.39 is 11.9 Å². The van der Waals surface area contributed by atoms with Crippen LogP contribution in [0.15, 0.2) is 46.9 Å². The van der Waals surface area contributed by atoms with Crippen LogP contribution in [0.1, 0.15) is 27.9 Å². The Labute approximate surface area is 166 Å². The van der Waals surface area contributed by atoms with Crippen LogP contribution in [-0.4, -0.2) is 30.8 Å². The molecule has 1 amide bonds. The molecule has 0 saturated carbocycles. The molecule has 1 heterocycles. The highest BCUT2D eigenvalue weighted by atomic mass is 79.9. The average molecular weight is 430 g/mol. The quantitative estimate of drug-likeness (QED) is 0.534. The Hall–Kier alpha value is -2.47. The minimum Gasteiger partial charge on any atom is -0.457 e. The number of hydrogen-bond donors (Lipinski definition) is 0. The van der Waals surface area contributed by atoms with E-state index in [-0.39, 0.29) is 31.3 Å². The summed E-state index contributed by atoms with van der Waals surface area (Å²) in [7, 11) is 0. The van der Waals surface area contributed by atoms with Crippen molar-refractivity contribution in [3.63, 3.8) is 0 Å². The van der Waals surface area contributed by atoms with Gasteiger partial charge in [0.05, 0.1) is 5.92 Å². The highest BCUT2D eigenvalue weighted by Gasteiger charge is 2.37. The van der Waals surface area contributed by atoms with E-state index in [0.717, 1.165) is 21.3 Å². The number of halogens is 1. The Bertz CT molecular complexity index is 892. The monoisotopic (exact) mass is 429 g/mol. The number of anilines is 1. The molecule has 1 atom stereocenters. The molecule has 3 rings (SSSR count). The third-order valence-corrected chi connectivity index (χ3v) is 5.37. The highest BCUT2D eigenvalue weighted by Crippen LogP contribution is 2.29. The third kappa shape index (κ3) is 4.27. The second-order valence-electron chi connectivity index (χ2n) is 6.66. The van der Waals surface area contributed by atoms with Crippen LogP contribution >= 0.6 is 15.9 Å². The van der Waals surface area contributed by atoms with Gasteiger partial charge in [-0.15, -0.1) is 0 Å². The summed E-state index contributed by atoms with van der Waals surface area (Å²) >= 11 is 3.31. The number of ether oxygens (including phenoxy) is 1. The van der Waals surface area contributed by atoms with Crippen LogP contribution in [0.2, 0.25) is 0 Å². The Morgan fingerprint density at radius 2 is 1.85 bits per heavy atom. The van der Waals surface area contributed by atoms with Crippen molar-refractivity contribution < 1.29 is 19.1 Å². The highest BCUT2D eigenvalue weighted by molar-refractivity contribution is 9.10. The number of Topliss-reactive ketones (excluding diaryl/α,β-unsaturated/α-hetero) is 1. The maximum absolute atomic E-state index is 12.4. The van der Waals surface area contributed by atoms with Crippen molar-refractivity contribution in [1.29, 1.82) is 0 Å². The van der Waals surface area contributed by atoms with Gasteiger partial charge in [-0.1, -0.05) is 40.2 Å². The predicted octanol–water partition coefficient (Wildman–Crippen LogP) is 3.84. The lowest BCUT2D eigenvalue weighted by Crippen LogP contribution is -2.27. The molecule has 0 bridgehead atoms. The van der Waals surface area contributed by atoms with Crippen molar-refractivity contribution in [2.24, 2.45) is 5.92 Å². The van der Waals surface area contributed by atoms with E-state index in [1.807, 2.05) is 32.0 Å². The van der Waals surface area contributed by atoms with Crippen LogP contribution in [0.25, 0.3) is 0 Å². The topological polar surface area (TPSA) is 63.7 Å². The first-order valence-electron chi connectivity index (χ1n) is 8.69. The maximum atomic E-state index is 12.4. The summed E-state index contributed by atoms with van der Waals surface area (Å²) in [5.41, 5.74) is 3.41. The standard InChI is InChI=1S/C21H20BrNO4/c1-13-4-3-5-18(14(13)2)23-11-16(10-20(23)25)21(26)27-12-19(24)15-6-8-17(22)9-7-15/h3-9,16H,10-12H2,1-2H3. The van der Waals surface area contributed by atoms with Crippen molar-refractivity contribution in [3.05, 3.63) is 63.6 Å². The van der Waals surface area contributed by atoms with E-state index in [1.165, 1.54) is 0 Å². The van der Waals surface area contributed by atoms with Crippen molar-refractivity contribution in [2.75, 3.05) is 18.1 Å². The van der Waals surface area contributed by atoms with Gasteiger partial charge in [0.2, 0.25) is 5.91 Å². The number of rotatable bonds is 5. The smallest absolute Gasteiger partial charge is 0.311 e. The van der Waals surface area contributed by atoms with E-state index >= 15 is 0 Å². The van der Waals surface area contributed by atoms with Gasteiger partial charge in [0.1, 0.15) is 0 Å². The van der Waals surface area contributed by atoms with Crippen LogP contribution in [0.5, 0.6) is 0 Å². The molecule has 0 N–H and O–H groups in total. The summed E-state index contributed by atoms with van der Waals surface area (Å²) in [6.07, 6.45) is 0.0959. The zero-order valence-corrected chi connectivity index (χ0v) is 16.8. The molecule has 1 fully saturated rings. The van der Waals surface area contributed by atoms with Gasteiger partial charge in [-0.3, -0.25) is 14.4 Å². The van der Waals surface area contributed by atoms with Crippen LogP contribution in [0.4, 0.5) is 5.69 Å². The van der Waals surface area contributed by atoms with Crippen molar-refractivity contribution in [2.45, 2.75) is 20.3 Å². The molecule has 5 nitrogen and oxygen atoms in total. The average Bonchev–Trinajstić information content (AvgIpc) is 3.04. The zero-order chi connectivity index (χ0) is 19.6. The van der Waals surface area contributed by atoms with E-state index in [2.05, 4.69) is 15.9 Å². The number of ketones is 1. The van der Waals surface area contributed by atoms with Gasteiger partial charge < -0.3 is 9.64 Å². The maximum Gasteiger partial charge on any atom is 0.311 e. The predicted molar refractivity (Wildman–Crippen MR) is 106 cm³/mol. The first kappa shape index (κ1) is 19.3. The third-order valence-electron chi connectivity index (χ3n) is 4.84. The van der Waals surface area contributed by atoms with E-state index in [1.54, 1.807) is 29.2 Å². The fraction of sp³-hybridized carbons (Fsp3) is 0.286. The van der Waals surface area contributed by atoms with Gasteiger partial charge in [0, 0.05) is 28.7 Å². The molecule has 0 radical (unpaired) electrons. The van der Waals surface area contributed by atoms with Crippen LogP contribution in [0.3, 0.4) is 0 Å². The van der Waals surface area contributed by atoms with Crippen LogP contribution in [0, 0.1) is 19.8 Å². The number of esters is 1. The molecule has 0 aromatic heterocycles. The Balaban J connectivity index is 1.61. The summed E-state index contributed by atoms with van der Waals surface area (Å²) in [4.78, 5) is 38.5. The molecule has 27 heavy (non-hydrogen) atoms. The number of benzene rings is 2. The largest absolute Gasteiger partial charge is 0.457 e. The van der Waals surface area contributed by atoms with Crippen molar-refractivity contribution >= 4 is 39.3 Å². The lowest BCUT2D eigenvalue weighted by molar-refractivity contribution is -0.147. The number of amides is 1. The number of hydrogen-bond acceptors (Lipinski definition) is 4. The van der Waals surface area contributed by atoms with Gasteiger partial charge in [-0.2, -0.15) is 0 Å². The van der Waals surface area contributed by atoms with Crippen LogP contribution < -0.4 is 4.90 Å². The van der Waals surface area contributed by atoms with Gasteiger partial charge in [0.25, 0.3) is 0 Å². The molecule has 1 aliphatic rings. The summed E-state index contributed by atoms with van der Waals surface area (Å²) in [6.45, 7) is 3.89. The van der Waals surface area contributed by atoms with Gasteiger partial charge in [0.15, 0.2) is 12.4 Å². The Morgan fingerprint density at radius 1 is 1.15 bits per heavy atom. The molecule has 1 aliphatic heterocycles. The first-order chi connectivity index (χ1) is 12.9. The Morgan fingerprint density at radius 3 is 2.56 bits per heavy atom. The zero-order valence-electron chi connectivity index (χ0n) is 15.2. The lowest BCUT2D eigenvalue weighted by Gasteiger charge is -2.20. The van der Waals surface area contributed by atoms with Gasteiger partial charge in [-0.05, 0) is 43.2 Å². The molecule has 2 aromatic carbocycles. The van der Waals surface area contributed by atoms with Gasteiger partial charge >= 0.3 is 5.97 Å². The first-order valence-corrected chi connectivity index (χ1v) is 9.48. The summed E-state index contributed by atoms with van der Waals surface area (Å²) < 4.78 is 6.05. The second kappa shape index (κ2) is 8.05. The minimum absolute atomic E-state index is 0.0959. The number of carbonyl (C=O) groups is 3. The normalized spacial score (nSPS) is 16.5. The van der Waals surface area contributed by atoms with E-state index in [0.29, 0.717) is 5.56 Å². The molecular weight excluding hydrogens is 410 g/mol. The lowest BCUT2D eigenvalue weighted by atomic mass is 10.1. The minimum atomic E-state index is -0.560. The number of carbonyl (C=O) groups excluding carboxylic acids is 3. The number of nitrogens with zero attached hydrogens (tertiary/aromatic N) is 1. The summed E-state index contributed by atoms with van der Waals surface area (Å²) in [5.74, 6) is -1.45. The second-order valence-corrected chi connectivity index (χ2v) is 7.58. The fourth-order valence-electron chi connectivity index (χ4n) is 3.10. The molecule has 0 aliphatic carbocycles. The van der Waals surface area contributed by atoms with Crippen molar-refractivity contribution in [3.8, 4) is 0 Å². The summed E-state index contributed by atoms with van der Waals surface area (Å²) in [6, 6.07) is 12.6. The van der Waals surface area contributed by atoms with Crippen LogP contribution in [-0.2, 0) is 14.3 Å². The Kier molecular flexibility index (Phi) is 5.75. The SMILES string of the molecule is Cc1cccc(N2CC(C(=O)OCC(=O)c3ccc(Br)cc3)CC2=O)c1C.